The van der Waals surface area contributed by atoms with E-state index in [1.54, 1.807) is 12.1 Å². The van der Waals surface area contributed by atoms with E-state index in [2.05, 4.69) is 10.3 Å². The zero-order valence-electron chi connectivity index (χ0n) is 13.6. The van der Waals surface area contributed by atoms with Gasteiger partial charge in [-0.3, -0.25) is 9.59 Å². The van der Waals surface area contributed by atoms with Crippen LogP contribution in [0.2, 0.25) is 0 Å². The van der Waals surface area contributed by atoms with Crippen molar-refractivity contribution < 1.29 is 4.79 Å². The second-order valence-corrected chi connectivity index (χ2v) is 5.81. The molecular formula is C20H18N2O2. The molecule has 1 heterocycles. The first-order valence-electron chi connectivity index (χ1n) is 7.71. The molecule has 0 aliphatic rings. The van der Waals surface area contributed by atoms with Crippen LogP contribution in [0.3, 0.4) is 0 Å². The van der Waals surface area contributed by atoms with Crippen LogP contribution >= 0.6 is 0 Å². The maximum atomic E-state index is 12.4. The minimum absolute atomic E-state index is 0.0915. The van der Waals surface area contributed by atoms with Crippen LogP contribution in [0.4, 0.5) is 5.69 Å². The Kier molecular flexibility index (Phi) is 4.29. The molecule has 0 fully saturated rings. The molecule has 0 aliphatic heterocycles. The van der Waals surface area contributed by atoms with E-state index in [4.69, 9.17) is 0 Å². The number of aromatic amines is 1. The van der Waals surface area contributed by atoms with E-state index in [0.717, 1.165) is 16.7 Å². The molecule has 4 heteroatoms. The van der Waals surface area contributed by atoms with Gasteiger partial charge in [0, 0.05) is 11.4 Å². The summed E-state index contributed by atoms with van der Waals surface area (Å²) in [7, 11) is 0. The highest BCUT2D eigenvalue weighted by atomic mass is 16.2. The smallest absolute Gasteiger partial charge is 0.261 e. The molecule has 0 atom stereocenters. The molecule has 2 aromatic carbocycles. The number of H-pyrrole nitrogens is 1. The zero-order valence-corrected chi connectivity index (χ0v) is 13.6. The van der Waals surface area contributed by atoms with Crippen LogP contribution < -0.4 is 10.9 Å². The van der Waals surface area contributed by atoms with Crippen LogP contribution in [0, 0.1) is 13.8 Å². The van der Waals surface area contributed by atoms with E-state index >= 15 is 0 Å². The topological polar surface area (TPSA) is 62.0 Å². The van der Waals surface area contributed by atoms with E-state index in [1.165, 1.54) is 0 Å². The number of rotatable bonds is 3. The Hall–Kier alpha value is -3.14. The highest BCUT2D eigenvalue weighted by molar-refractivity contribution is 6.04. The van der Waals surface area contributed by atoms with Gasteiger partial charge in [-0.1, -0.05) is 36.4 Å². The van der Waals surface area contributed by atoms with E-state index < -0.39 is 11.5 Å². The largest absolute Gasteiger partial charge is 0.322 e. The lowest BCUT2D eigenvalue weighted by Crippen LogP contribution is -2.23. The number of hydrogen-bond acceptors (Lipinski definition) is 2. The lowest BCUT2D eigenvalue weighted by molar-refractivity contribution is 0.102. The molecule has 0 saturated heterocycles. The third-order valence-electron chi connectivity index (χ3n) is 3.72. The maximum Gasteiger partial charge on any atom is 0.261 e. The van der Waals surface area contributed by atoms with Crippen molar-refractivity contribution in [2.24, 2.45) is 0 Å². The molecule has 0 saturated carbocycles. The van der Waals surface area contributed by atoms with E-state index in [0.29, 0.717) is 11.4 Å². The maximum absolute atomic E-state index is 12.4. The van der Waals surface area contributed by atoms with Crippen molar-refractivity contribution in [3.05, 3.63) is 87.7 Å². The molecule has 1 aromatic heterocycles. The third-order valence-corrected chi connectivity index (χ3v) is 3.72. The van der Waals surface area contributed by atoms with Gasteiger partial charge in [-0.15, -0.1) is 0 Å². The van der Waals surface area contributed by atoms with Gasteiger partial charge in [0.25, 0.3) is 11.5 Å². The number of hydrogen-bond donors (Lipinski definition) is 2. The van der Waals surface area contributed by atoms with Gasteiger partial charge < -0.3 is 10.3 Å². The fourth-order valence-corrected chi connectivity index (χ4v) is 2.68. The Labute approximate surface area is 140 Å². The van der Waals surface area contributed by atoms with Crippen LogP contribution in [-0.2, 0) is 0 Å². The quantitative estimate of drug-likeness (QED) is 0.769. The third kappa shape index (κ3) is 3.43. The van der Waals surface area contributed by atoms with Crippen LogP contribution in [0.15, 0.2) is 65.5 Å². The Morgan fingerprint density at radius 2 is 1.58 bits per heavy atom. The summed E-state index contributed by atoms with van der Waals surface area (Å²) in [5, 5.41) is 2.78. The van der Waals surface area contributed by atoms with Crippen LogP contribution in [0.5, 0.6) is 0 Å². The summed E-state index contributed by atoms with van der Waals surface area (Å²) < 4.78 is 0. The Morgan fingerprint density at radius 3 is 2.21 bits per heavy atom. The fraction of sp³-hybridized carbons (Fsp3) is 0.100. The summed E-state index contributed by atoms with van der Waals surface area (Å²) in [5.41, 5.74) is 4.06. The first kappa shape index (κ1) is 15.7. The molecule has 0 bridgehead atoms. The van der Waals surface area contributed by atoms with E-state index in [9.17, 15) is 9.59 Å². The molecular weight excluding hydrogens is 300 g/mol. The van der Waals surface area contributed by atoms with Crippen molar-refractivity contribution in [2.45, 2.75) is 13.8 Å². The molecule has 3 rings (SSSR count). The number of carbonyl (C=O) groups is 1. The highest BCUT2D eigenvalue weighted by Crippen LogP contribution is 2.16. The number of aromatic nitrogens is 1. The van der Waals surface area contributed by atoms with Crippen molar-refractivity contribution >= 4 is 11.6 Å². The summed E-state index contributed by atoms with van der Waals surface area (Å²) in [4.78, 5) is 27.4. The Morgan fingerprint density at radius 1 is 0.917 bits per heavy atom. The molecule has 120 valence electrons. The summed E-state index contributed by atoms with van der Waals surface area (Å²) >= 11 is 0. The predicted molar refractivity (Wildman–Crippen MR) is 96.4 cm³/mol. The second kappa shape index (κ2) is 6.54. The summed E-state index contributed by atoms with van der Waals surface area (Å²) in [6.07, 6.45) is 0. The number of benzene rings is 2. The molecule has 3 aromatic rings. The average Bonchev–Trinajstić information content (AvgIpc) is 2.54. The molecule has 0 spiro atoms. The summed E-state index contributed by atoms with van der Waals surface area (Å²) in [5.74, 6) is -0.416. The SMILES string of the molecule is Cc1cc(C)cc(NC(=O)c2ccc(-c3ccccc3)[nH]c2=O)c1. The number of aryl methyl sites for hydroxylation is 2. The van der Waals surface area contributed by atoms with Crippen LogP contribution in [0.1, 0.15) is 21.5 Å². The minimum Gasteiger partial charge on any atom is -0.322 e. The Bertz CT molecular complexity index is 923. The number of anilines is 1. The van der Waals surface area contributed by atoms with E-state index in [1.807, 2.05) is 62.4 Å². The molecule has 0 radical (unpaired) electrons. The van der Waals surface area contributed by atoms with Crippen LogP contribution in [0.25, 0.3) is 11.3 Å². The van der Waals surface area contributed by atoms with Crippen molar-refractivity contribution in [2.75, 3.05) is 5.32 Å². The van der Waals surface area contributed by atoms with Gasteiger partial charge in [-0.2, -0.15) is 0 Å². The minimum atomic E-state index is -0.416. The van der Waals surface area contributed by atoms with Crippen LogP contribution in [-0.4, -0.2) is 10.9 Å². The average molecular weight is 318 g/mol. The molecule has 0 aliphatic carbocycles. The lowest BCUT2D eigenvalue weighted by atomic mass is 10.1. The number of nitrogens with one attached hydrogen (secondary N) is 2. The van der Waals surface area contributed by atoms with Crippen molar-refractivity contribution in [1.29, 1.82) is 0 Å². The molecule has 24 heavy (non-hydrogen) atoms. The predicted octanol–water partition coefficient (Wildman–Crippen LogP) is 3.91. The van der Waals surface area contributed by atoms with E-state index in [-0.39, 0.29) is 5.56 Å². The molecule has 4 nitrogen and oxygen atoms in total. The normalized spacial score (nSPS) is 10.4. The fourth-order valence-electron chi connectivity index (χ4n) is 2.68. The summed E-state index contributed by atoms with van der Waals surface area (Å²) in [6, 6.07) is 18.6. The van der Waals surface area contributed by atoms with Gasteiger partial charge in [0.1, 0.15) is 5.56 Å². The van der Waals surface area contributed by atoms with Crippen molar-refractivity contribution in [1.82, 2.24) is 4.98 Å². The van der Waals surface area contributed by atoms with Gasteiger partial charge in [0.05, 0.1) is 0 Å². The second-order valence-electron chi connectivity index (χ2n) is 5.81. The van der Waals surface area contributed by atoms with Crippen molar-refractivity contribution in [3.8, 4) is 11.3 Å². The molecule has 2 N–H and O–H groups in total. The van der Waals surface area contributed by atoms with Gasteiger partial charge in [-0.05, 0) is 54.8 Å². The van der Waals surface area contributed by atoms with Crippen molar-refractivity contribution in [3.63, 3.8) is 0 Å². The highest BCUT2D eigenvalue weighted by Gasteiger charge is 2.12. The Balaban J connectivity index is 1.87. The summed E-state index contributed by atoms with van der Waals surface area (Å²) in [6.45, 7) is 3.92. The number of carbonyl (C=O) groups excluding carboxylic acids is 1. The molecule has 1 amide bonds. The van der Waals surface area contributed by atoms with Gasteiger partial charge in [0.15, 0.2) is 0 Å². The first-order valence-corrected chi connectivity index (χ1v) is 7.71. The molecule has 0 unspecified atom stereocenters. The van der Waals surface area contributed by atoms with Gasteiger partial charge in [0.2, 0.25) is 0 Å². The number of amides is 1. The standard InChI is InChI=1S/C20H18N2O2/c1-13-10-14(2)12-16(11-13)21-19(23)17-8-9-18(22-20(17)24)15-6-4-3-5-7-15/h3-12H,1-2H3,(H,21,23)(H,22,24). The van der Waals surface area contributed by atoms with Gasteiger partial charge >= 0.3 is 0 Å². The lowest BCUT2D eigenvalue weighted by Gasteiger charge is -2.08. The zero-order chi connectivity index (χ0) is 17.1. The first-order chi connectivity index (χ1) is 11.5. The number of pyridine rings is 1. The van der Waals surface area contributed by atoms with Gasteiger partial charge in [-0.25, -0.2) is 0 Å². The monoisotopic (exact) mass is 318 g/mol.